The molecule has 0 aromatic heterocycles. The number of nitrogens with zero attached hydrogens (tertiary/aromatic N) is 1. The molecule has 0 saturated heterocycles. The van der Waals surface area contributed by atoms with Crippen molar-refractivity contribution in [3.63, 3.8) is 0 Å². The van der Waals surface area contributed by atoms with Gasteiger partial charge in [0.2, 0.25) is 0 Å². The van der Waals surface area contributed by atoms with E-state index in [0.29, 0.717) is 12.2 Å². The summed E-state index contributed by atoms with van der Waals surface area (Å²) in [6, 6.07) is 4.92. The quantitative estimate of drug-likeness (QED) is 0.613. The number of anilines is 1. The van der Waals surface area contributed by atoms with Crippen molar-refractivity contribution in [3.05, 3.63) is 41.2 Å². The van der Waals surface area contributed by atoms with Crippen molar-refractivity contribution in [1.82, 2.24) is 4.90 Å². The smallest absolute Gasteiger partial charge is 0.129 e. The van der Waals surface area contributed by atoms with Crippen LogP contribution in [0.4, 0.5) is 10.1 Å². The largest absolute Gasteiger partial charge is 0.399 e. The zero-order chi connectivity index (χ0) is 11.5. The second-order valence-corrected chi connectivity index (χ2v) is 4.40. The van der Waals surface area contributed by atoms with Gasteiger partial charge >= 0.3 is 0 Å². The molecular weight excluding hydrogens is 203 g/mol. The Labute approximate surface area is 95.6 Å². The molecule has 2 N–H and O–H groups in total. The van der Waals surface area contributed by atoms with E-state index >= 15 is 0 Å². The molecule has 0 aliphatic carbocycles. The van der Waals surface area contributed by atoms with Crippen LogP contribution in [-0.4, -0.2) is 18.0 Å². The normalized spacial score (nSPS) is 17.2. The molecule has 1 heterocycles. The Bertz CT molecular complexity index is 412. The minimum absolute atomic E-state index is 0.202. The van der Waals surface area contributed by atoms with E-state index in [2.05, 4.69) is 17.9 Å². The first kappa shape index (κ1) is 11.1. The second kappa shape index (κ2) is 4.66. The van der Waals surface area contributed by atoms with Gasteiger partial charge < -0.3 is 5.73 Å². The molecule has 0 amide bonds. The third kappa shape index (κ3) is 2.61. The molecule has 2 rings (SSSR count). The lowest BCUT2D eigenvalue weighted by atomic mass is 10.1. The Morgan fingerprint density at radius 3 is 2.94 bits per heavy atom. The van der Waals surface area contributed by atoms with Gasteiger partial charge in [-0.05, 0) is 25.5 Å². The molecule has 1 aromatic carbocycles. The molecule has 1 aromatic rings. The Hall–Kier alpha value is -1.35. The van der Waals surface area contributed by atoms with Crippen LogP contribution >= 0.6 is 0 Å². The monoisotopic (exact) mass is 220 g/mol. The van der Waals surface area contributed by atoms with Crippen molar-refractivity contribution < 1.29 is 4.39 Å². The Morgan fingerprint density at radius 1 is 1.44 bits per heavy atom. The minimum atomic E-state index is -0.202. The standard InChI is InChI=1S/C13H17FN2/c1-10-3-2-6-16(8-10)9-11-4-5-12(15)7-13(11)14/h3-5,7H,2,6,8-9,15H2,1H3. The summed E-state index contributed by atoms with van der Waals surface area (Å²) >= 11 is 0. The third-order valence-electron chi connectivity index (χ3n) is 2.88. The average molecular weight is 220 g/mol. The van der Waals surface area contributed by atoms with Gasteiger partial charge in [-0.3, -0.25) is 4.90 Å². The topological polar surface area (TPSA) is 29.3 Å². The van der Waals surface area contributed by atoms with Crippen LogP contribution in [0.1, 0.15) is 18.9 Å². The maximum atomic E-state index is 13.6. The van der Waals surface area contributed by atoms with Gasteiger partial charge in [0.25, 0.3) is 0 Å². The molecule has 3 heteroatoms. The SMILES string of the molecule is CC1=CCCN(Cc2ccc(N)cc2F)C1. The highest BCUT2D eigenvalue weighted by Gasteiger charge is 2.12. The van der Waals surface area contributed by atoms with Gasteiger partial charge in [-0.15, -0.1) is 0 Å². The van der Waals surface area contributed by atoms with Crippen LogP contribution in [0.2, 0.25) is 0 Å². The van der Waals surface area contributed by atoms with Crippen LogP contribution < -0.4 is 5.73 Å². The molecule has 0 fully saturated rings. The summed E-state index contributed by atoms with van der Waals surface area (Å²) < 4.78 is 13.6. The van der Waals surface area contributed by atoms with E-state index in [9.17, 15) is 4.39 Å². The highest BCUT2D eigenvalue weighted by Crippen LogP contribution is 2.17. The van der Waals surface area contributed by atoms with Crippen LogP contribution in [0.25, 0.3) is 0 Å². The summed E-state index contributed by atoms with van der Waals surface area (Å²) in [6.07, 6.45) is 3.30. The number of nitrogens with two attached hydrogens (primary N) is 1. The predicted molar refractivity (Wildman–Crippen MR) is 64.5 cm³/mol. The van der Waals surface area contributed by atoms with E-state index in [0.717, 1.165) is 25.1 Å². The Balaban J connectivity index is 2.06. The number of nitrogen functional groups attached to an aromatic ring is 1. The van der Waals surface area contributed by atoms with Gasteiger partial charge in [0.05, 0.1) is 0 Å². The highest BCUT2D eigenvalue weighted by molar-refractivity contribution is 5.40. The van der Waals surface area contributed by atoms with Crippen LogP contribution in [-0.2, 0) is 6.54 Å². The molecule has 2 nitrogen and oxygen atoms in total. The van der Waals surface area contributed by atoms with Gasteiger partial charge in [-0.2, -0.15) is 0 Å². The second-order valence-electron chi connectivity index (χ2n) is 4.40. The van der Waals surface area contributed by atoms with Crippen molar-refractivity contribution in [2.24, 2.45) is 0 Å². The first-order valence-electron chi connectivity index (χ1n) is 5.57. The lowest BCUT2D eigenvalue weighted by Gasteiger charge is -2.26. The van der Waals surface area contributed by atoms with Crippen molar-refractivity contribution in [2.75, 3.05) is 18.8 Å². The van der Waals surface area contributed by atoms with Crippen LogP contribution in [0.5, 0.6) is 0 Å². The molecule has 16 heavy (non-hydrogen) atoms. The lowest BCUT2D eigenvalue weighted by molar-refractivity contribution is 0.278. The Kier molecular flexibility index (Phi) is 3.25. The Morgan fingerprint density at radius 2 is 2.25 bits per heavy atom. The molecule has 0 bridgehead atoms. The highest BCUT2D eigenvalue weighted by atomic mass is 19.1. The molecule has 86 valence electrons. The van der Waals surface area contributed by atoms with E-state index in [1.807, 2.05) is 0 Å². The van der Waals surface area contributed by atoms with Crippen LogP contribution in [0.15, 0.2) is 29.8 Å². The minimum Gasteiger partial charge on any atom is -0.399 e. The van der Waals surface area contributed by atoms with Gasteiger partial charge in [-0.25, -0.2) is 4.39 Å². The summed E-state index contributed by atoms with van der Waals surface area (Å²) in [5.41, 5.74) is 8.09. The fourth-order valence-corrected chi connectivity index (χ4v) is 2.06. The summed E-state index contributed by atoms with van der Waals surface area (Å²) in [7, 11) is 0. The summed E-state index contributed by atoms with van der Waals surface area (Å²) in [4.78, 5) is 2.25. The molecule has 0 unspecified atom stereocenters. The van der Waals surface area contributed by atoms with Crippen LogP contribution in [0.3, 0.4) is 0 Å². The zero-order valence-electron chi connectivity index (χ0n) is 9.54. The fraction of sp³-hybridized carbons (Fsp3) is 0.385. The van der Waals surface area contributed by atoms with Crippen molar-refractivity contribution >= 4 is 5.69 Å². The zero-order valence-corrected chi connectivity index (χ0v) is 9.54. The van der Waals surface area contributed by atoms with Crippen molar-refractivity contribution in [2.45, 2.75) is 19.9 Å². The molecule has 0 radical (unpaired) electrons. The molecular formula is C13H17FN2. The molecule has 0 saturated carbocycles. The van der Waals surface area contributed by atoms with Gasteiger partial charge in [0.15, 0.2) is 0 Å². The fourth-order valence-electron chi connectivity index (χ4n) is 2.06. The molecule has 1 aliphatic heterocycles. The van der Waals surface area contributed by atoms with E-state index in [-0.39, 0.29) is 5.82 Å². The van der Waals surface area contributed by atoms with E-state index in [1.165, 1.54) is 11.6 Å². The maximum Gasteiger partial charge on any atom is 0.129 e. The molecule has 0 spiro atoms. The number of halogens is 1. The number of hydrogen-bond donors (Lipinski definition) is 1. The predicted octanol–water partition coefficient (Wildman–Crippen LogP) is 2.56. The maximum absolute atomic E-state index is 13.6. The van der Waals surface area contributed by atoms with Crippen molar-refractivity contribution in [1.29, 1.82) is 0 Å². The van der Waals surface area contributed by atoms with Gasteiger partial charge in [0, 0.05) is 30.9 Å². The van der Waals surface area contributed by atoms with Gasteiger partial charge in [-0.1, -0.05) is 17.7 Å². The third-order valence-corrected chi connectivity index (χ3v) is 2.88. The number of benzene rings is 1. The molecule has 1 aliphatic rings. The van der Waals surface area contributed by atoms with E-state index in [4.69, 9.17) is 5.73 Å². The van der Waals surface area contributed by atoms with Crippen molar-refractivity contribution in [3.8, 4) is 0 Å². The number of hydrogen-bond acceptors (Lipinski definition) is 2. The molecule has 0 atom stereocenters. The lowest BCUT2D eigenvalue weighted by Crippen LogP contribution is -2.29. The summed E-state index contributed by atoms with van der Waals surface area (Å²) in [5.74, 6) is -0.202. The summed E-state index contributed by atoms with van der Waals surface area (Å²) in [5, 5.41) is 0. The first-order chi connectivity index (χ1) is 7.65. The first-order valence-corrected chi connectivity index (χ1v) is 5.57. The number of rotatable bonds is 2. The summed E-state index contributed by atoms with van der Waals surface area (Å²) in [6.45, 7) is 4.72. The van der Waals surface area contributed by atoms with E-state index < -0.39 is 0 Å². The van der Waals surface area contributed by atoms with E-state index in [1.54, 1.807) is 12.1 Å². The average Bonchev–Trinajstić information content (AvgIpc) is 2.22. The van der Waals surface area contributed by atoms with Crippen LogP contribution in [0, 0.1) is 5.82 Å². The van der Waals surface area contributed by atoms with Gasteiger partial charge in [0.1, 0.15) is 5.82 Å².